The van der Waals surface area contributed by atoms with Gasteiger partial charge in [0.2, 0.25) is 11.7 Å². The molecular weight excluding hydrogens is 407 g/mol. The highest BCUT2D eigenvalue weighted by molar-refractivity contribution is 5.56. The predicted octanol–water partition coefficient (Wildman–Crippen LogP) is 3.97. The van der Waals surface area contributed by atoms with Gasteiger partial charge in [0.15, 0.2) is 0 Å². The molecule has 2 aromatic heterocycles. The summed E-state index contributed by atoms with van der Waals surface area (Å²) >= 11 is 0. The van der Waals surface area contributed by atoms with Crippen LogP contribution in [0.3, 0.4) is 0 Å². The van der Waals surface area contributed by atoms with Crippen LogP contribution < -0.4 is 9.80 Å². The molecule has 2 fully saturated rings. The van der Waals surface area contributed by atoms with E-state index in [0.29, 0.717) is 23.9 Å². The number of anilines is 2. The molecule has 3 aromatic rings. The number of aromatic nitrogens is 3. The SMILES string of the molecule is Fc1ccccc1N1CCN(Cc2nc(-c3ccc(N4CCCCCC4)nc3)no2)CC1. The van der Waals surface area contributed by atoms with Crippen molar-refractivity contribution in [3.63, 3.8) is 0 Å². The average Bonchev–Trinajstić information content (AvgIpc) is 3.12. The van der Waals surface area contributed by atoms with E-state index in [1.807, 2.05) is 24.4 Å². The van der Waals surface area contributed by atoms with Gasteiger partial charge in [-0.25, -0.2) is 9.37 Å². The molecule has 0 N–H and O–H groups in total. The molecule has 2 aliphatic rings. The number of pyridine rings is 1. The number of piperazine rings is 1. The van der Waals surface area contributed by atoms with Gasteiger partial charge in [0.1, 0.15) is 11.6 Å². The number of hydrogen-bond acceptors (Lipinski definition) is 7. The van der Waals surface area contributed by atoms with Gasteiger partial charge in [-0.2, -0.15) is 4.98 Å². The molecule has 0 aliphatic carbocycles. The second kappa shape index (κ2) is 9.65. The van der Waals surface area contributed by atoms with E-state index in [1.54, 1.807) is 6.07 Å². The van der Waals surface area contributed by atoms with Gasteiger partial charge >= 0.3 is 0 Å². The van der Waals surface area contributed by atoms with Gasteiger partial charge in [-0.3, -0.25) is 4.90 Å². The molecule has 168 valence electrons. The third kappa shape index (κ3) is 4.75. The Morgan fingerprint density at radius 2 is 1.62 bits per heavy atom. The van der Waals surface area contributed by atoms with Crippen LogP contribution in [0.4, 0.5) is 15.9 Å². The molecule has 1 aromatic carbocycles. The van der Waals surface area contributed by atoms with Gasteiger partial charge in [-0.1, -0.05) is 30.1 Å². The number of halogens is 1. The second-order valence-corrected chi connectivity index (χ2v) is 8.53. The molecular formula is C24H29FN6O. The third-order valence-electron chi connectivity index (χ3n) is 6.33. The number of rotatable bonds is 5. The maximum Gasteiger partial charge on any atom is 0.241 e. The molecule has 0 radical (unpaired) electrons. The number of benzene rings is 1. The molecule has 0 bridgehead atoms. The molecule has 0 saturated carbocycles. The van der Waals surface area contributed by atoms with Crippen molar-refractivity contribution in [3.05, 3.63) is 54.3 Å². The molecule has 32 heavy (non-hydrogen) atoms. The van der Waals surface area contributed by atoms with Crippen LogP contribution in [0.2, 0.25) is 0 Å². The Balaban J connectivity index is 1.17. The Labute approximate surface area is 187 Å². The van der Waals surface area contributed by atoms with E-state index >= 15 is 0 Å². The van der Waals surface area contributed by atoms with Gasteiger partial charge in [0.05, 0.1) is 12.2 Å². The van der Waals surface area contributed by atoms with E-state index in [9.17, 15) is 4.39 Å². The maximum absolute atomic E-state index is 14.0. The summed E-state index contributed by atoms with van der Waals surface area (Å²) < 4.78 is 19.5. The van der Waals surface area contributed by atoms with E-state index in [1.165, 1.54) is 31.7 Å². The van der Waals surface area contributed by atoms with E-state index in [-0.39, 0.29) is 5.82 Å². The highest BCUT2D eigenvalue weighted by atomic mass is 19.1. The van der Waals surface area contributed by atoms with Crippen LogP contribution in [0.5, 0.6) is 0 Å². The smallest absolute Gasteiger partial charge is 0.241 e. The van der Waals surface area contributed by atoms with Crippen LogP contribution in [0.25, 0.3) is 11.4 Å². The highest BCUT2D eigenvalue weighted by Gasteiger charge is 2.21. The molecule has 2 aliphatic heterocycles. The van der Waals surface area contributed by atoms with Gasteiger partial charge in [-0.05, 0) is 37.1 Å². The third-order valence-corrected chi connectivity index (χ3v) is 6.33. The van der Waals surface area contributed by atoms with Crippen LogP contribution in [-0.2, 0) is 6.54 Å². The van der Waals surface area contributed by atoms with Crippen molar-refractivity contribution in [1.29, 1.82) is 0 Å². The van der Waals surface area contributed by atoms with Crippen LogP contribution in [-0.4, -0.2) is 59.3 Å². The molecule has 4 heterocycles. The molecule has 8 heteroatoms. The number of hydrogen-bond donors (Lipinski definition) is 0. The van der Waals surface area contributed by atoms with E-state index in [2.05, 4.69) is 35.9 Å². The van der Waals surface area contributed by atoms with E-state index in [4.69, 9.17) is 4.52 Å². The minimum atomic E-state index is -0.169. The zero-order chi connectivity index (χ0) is 21.8. The van der Waals surface area contributed by atoms with Crippen LogP contribution in [0.15, 0.2) is 47.1 Å². The normalized spacial score (nSPS) is 18.0. The summed E-state index contributed by atoms with van der Waals surface area (Å²) in [5, 5.41) is 4.16. The standard InChI is InChI=1S/C24H29FN6O/c25-20-7-3-4-8-21(20)30-15-13-29(14-16-30)18-23-27-24(28-32-23)19-9-10-22(26-17-19)31-11-5-1-2-6-12-31/h3-4,7-10,17H,1-2,5-6,11-16,18H2. The number of para-hydroxylation sites is 1. The first-order chi connectivity index (χ1) is 15.8. The Morgan fingerprint density at radius 1 is 0.844 bits per heavy atom. The summed E-state index contributed by atoms with van der Waals surface area (Å²) in [4.78, 5) is 15.9. The van der Waals surface area contributed by atoms with E-state index in [0.717, 1.165) is 50.6 Å². The molecule has 2 saturated heterocycles. The topological polar surface area (TPSA) is 61.5 Å². The Hall–Kier alpha value is -3.00. The minimum absolute atomic E-state index is 0.169. The molecule has 0 spiro atoms. The lowest BCUT2D eigenvalue weighted by molar-refractivity contribution is 0.215. The van der Waals surface area contributed by atoms with Crippen molar-refractivity contribution in [2.45, 2.75) is 32.2 Å². The number of nitrogens with zero attached hydrogens (tertiary/aromatic N) is 6. The highest BCUT2D eigenvalue weighted by Crippen LogP contribution is 2.23. The van der Waals surface area contributed by atoms with Crippen molar-refractivity contribution < 1.29 is 8.91 Å². The average molecular weight is 437 g/mol. The molecule has 0 amide bonds. The Kier molecular flexibility index (Phi) is 6.29. The largest absolute Gasteiger partial charge is 0.367 e. The van der Waals surface area contributed by atoms with Crippen molar-refractivity contribution in [3.8, 4) is 11.4 Å². The zero-order valence-electron chi connectivity index (χ0n) is 18.3. The van der Waals surface area contributed by atoms with Crippen molar-refractivity contribution in [2.24, 2.45) is 0 Å². The lowest BCUT2D eigenvalue weighted by Crippen LogP contribution is -2.46. The minimum Gasteiger partial charge on any atom is -0.367 e. The molecule has 5 rings (SSSR count). The summed E-state index contributed by atoms with van der Waals surface area (Å²) in [5.74, 6) is 2.01. The summed E-state index contributed by atoms with van der Waals surface area (Å²) in [5.41, 5.74) is 1.53. The maximum atomic E-state index is 14.0. The summed E-state index contributed by atoms with van der Waals surface area (Å²) in [7, 11) is 0. The molecule has 0 unspecified atom stereocenters. The summed E-state index contributed by atoms with van der Waals surface area (Å²) in [6, 6.07) is 11.0. The molecule has 7 nitrogen and oxygen atoms in total. The fourth-order valence-electron chi connectivity index (χ4n) is 4.49. The van der Waals surface area contributed by atoms with Gasteiger partial charge in [0, 0.05) is 51.0 Å². The zero-order valence-corrected chi connectivity index (χ0v) is 18.3. The van der Waals surface area contributed by atoms with Gasteiger partial charge in [0.25, 0.3) is 0 Å². The summed E-state index contributed by atoms with van der Waals surface area (Å²) in [6.45, 7) is 5.91. The van der Waals surface area contributed by atoms with Crippen molar-refractivity contribution in [1.82, 2.24) is 20.0 Å². The van der Waals surface area contributed by atoms with Crippen LogP contribution >= 0.6 is 0 Å². The Morgan fingerprint density at radius 3 is 2.34 bits per heavy atom. The second-order valence-electron chi connectivity index (χ2n) is 8.53. The fraction of sp³-hybridized carbons (Fsp3) is 0.458. The first-order valence-electron chi connectivity index (χ1n) is 11.5. The monoisotopic (exact) mass is 436 g/mol. The first kappa shape index (κ1) is 20.9. The summed E-state index contributed by atoms with van der Waals surface area (Å²) in [6.07, 6.45) is 6.90. The van der Waals surface area contributed by atoms with Gasteiger partial charge < -0.3 is 14.3 Å². The first-order valence-corrected chi connectivity index (χ1v) is 11.5. The quantitative estimate of drug-likeness (QED) is 0.600. The van der Waals surface area contributed by atoms with Crippen molar-refractivity contribution in [2.75, 3.05) is 49.1 Å². The fourth-order valence-corrected chi connectivity index (χ4v) is 4.49. The van der Waals surface area contributed by atoms with Gasteiger partial charge in [-0.15, -0.1) is 0 Å². The van der Waals surface area contributed by atoms with Crippen LogP contribution in [0.1, 0.15) is 31.6 Å². The van der Waals surface area contributed by atoms with E-state index < -0.39 is 0 Å². The lowest BCUT2D eigenvalue weighted by atomic mass is 10.2. The van der Waals surface area contributed by atoms with Crippen LogP contribution in [0, 0.1) is 5.82 Å². The molecule has 0 atom stereocenters. The van der Waals surface area contributed by atoms with Crippen molar-refractivity contribution >= 4 is 11.5 Å². The predicted molar refractivity (Wildman–Crippen MR) is 122 cm³/mol. The Bertz CT molecular complexity index is 1010. The lowest BCUT2D eigenvalue weighted by Gasteiger charge is -2.35.